The maximum absolute atomic E-state index is 12.9. The maximum Gasteiger partial charge on any atom is 0.254 e. The number of nitrogens with zero attached hydrogens (tertiary/aromatic N) is 4. The van der Waals surface area contributed by atoms with E-state index in [1.54, 1.807) is 24.4 Å². The number of imidazole rings is 1. The first-order valence-electron chi connectivity index (χ1n) is 9.42. The summed E-state index contributed by atoms with van der Waals surface area (Å²) >= 11 is 6.14. The average molecular weight is 447 g/mol. The first-order valence-corrected chi connectivity index (χ1v) is 9.80. The van der Waals surface area contributed by atoms with E-state index in [9.17, 15) is 4.79 Å². The van der Waals surface area contributed by atoms with Crippen LogP contribution < -0.4 is 14.4 Å². The maximum atomic E-state index is 12.9. The topological polar surface area (TPSA) is 59.8 Å². The van der Waals surface area contributed by atoms with Gasteiger partial charge < -0.3 is 19.3 Å². The minimum atomic E-state index is 0. The van der Waals surface area contributed by atoms with Crippen LogP contribution >= 0.6 is 24.0 Å². The number of carbonyl (C=O) groups is 1. The van der Waals surface area contributed by atoms with Crippen molar-refractivity contribution in [2.75, 3.05) is 37.9 Å². The molecule has 30 heavy (non-hydrogen) atoms. The van der Waals surface area contributed by atoms with Crippen molar-refractivity contribution in [3.8, 4) is 17.2 Å². The zero-order chi connectivity index (χ0) is 19.8. The van der Waals surface area contributed by atoms with Gasteiger partial charge >= 0.3 is 0 Å². The molecule has 7 nitrogen and oxygen atoms in total. The minimum absolute atomic E-state index is 0. The molecule has 0 N–H and O–H groups in total. The van der Waals surface area contributed by atoms with Crippen molar-refractivity contribution in [1.82, 2.24) is 14.5 Å². The Labute approximate surface area is 185 Å². The lowest BCUT2D eigenvalue weighted by molar-refractivity contribution is 0.0745. The summed E-state index contributed by atoms with van der Waals surface area (Å²) < 4.78 is 12.7. The Morgan fingerprint density at radius 3 is 2.60 bits per heavy atom. The number of anilines is 1. The standard InChI is InChI=1S/C21H19ClN4O3.ClH/c22-16-2-1-3-17(13-16)26-7-6-23-21(26)25-10-8-24(9-11-25)20(27)15-4-5-18-19(12-15)29-14-28-18;/h1-7,12-13H,8-11,14H2;1H. The van der Waals surface area contributed by atoms with Crippen LogP contribution in [0.1, 0.15) is 10.4 Å². The fourth-order valence-corrected chi connectivity index (χ4v) is 3.86. The number of amides is 1. The predicted molar refractivity (Wildman–Crippen MR) is 117 cm³/mol. The van der Waals surface area contributed by atoms with E-state index >= 15 is 0 Å². The summed E-state index contributed by atoms with van der Waals surface area (Å²) in [4.78, 5) is 21.5. The summed E-state index contributed by atoms with van der Waals surface area (Å²) in [5.41, 5.74) is 1.58. The van der Waals surface area contributed by atoms with Crippen LogP contribution in [-0.4, -0.2) is 53.3 Å². The molecule has 2 aliphatic rings. The van der Waals surface area contributed by atoms with Crippen molar-refractivity contribution in [3.05, 3.63) is 65.4 Å². The molecule has 156 valence electrons. The zero-order valence-corrected chi connectivity index (χ0v) is 17.6. The minimum Gasteiger partial charge on any atom is -0.454 e. The number of aromatic nitrogens is 2. The van der Waals surface area contributed by atoms with E-state index in [0.717, 1.165) is 11.6 Å². The van der Waals surface area contributed by atoms with Gasteiger partial charge in [0.15, 0.2) is 11.5 Å². The third-order valence-electron chi connectivity index (χ3n) is 5.18. The highest BCUT2D eigenvalue weighted by molar-refractivity contribution is 6.30. The summed E-state index contributed by atoms with van der Waals surface area (Å²) in [6.45, 7) is 2.85. The van der Waals surface area contributed by atoms with E-state index in [1.165, 1.54) is 0 Å². The molecular formula is C21H20Cl2N4O3. The molecular weight excluding hydrogens is 427 g/mol. The molecule has 0 aliphatic carbocycles. The Bertz CT molecular complexity index is 1060. The molecule has 0 atom stereocenters. The number of rotatable bonds is 3. The third-order valence-corrected chi connectivity index (χ3v) is 5.41. The van der Waals surface area contributed by atoms with Gasteiger partial charge in [-0.1, -0.05) is 17.7 Å². The average Bonchev–Trinajstić information content (AvgIpc) is 3.42. The summed E-state index contributed by atoms with van der Waals surface area (Å²) in [5, 5.41) is 0.682. The molecule has 1 fully saturated rings. The van der Waals surface area contributed by atoms with E-state index in [4.69, 9.17) is 21.1 Å². The lowest BCUT2D eigenvalue weighted by Gasteiger charge is -2.35. The molecule has 0 bridgehead atoms. The van der Waals surface area contributed by atoms with E-state index in [1.807, 2.05) is 39.9 Å². The number of fused-ring (bicyclic) bond motifs is 1. The van der Waals surface area contributed by atoms with Gasteiger partial charge in [-0.15, -0.1) is 12.4 Å². The number of halogens is 2. The Kier molecular flexibility index (Phi) is 5.74. The van der Waals surface area contributed by atoms with Crippen LogP contribution in [0.4, 0.5) is 5.95 Å². The van der Waals surface area contributed by atoms with Gasteiger partial charge in [-0.05, 0) is 36.4 Å². The fraction of sp³-hybridized carbons (Fsp3) is 0.238. The van der Waals surface area contributed by atoms with Crippen molar-refractivity contribution in [1.29, 1.82) is 0 Å². The van der Waals surface area contributed by atoms with Gasteiger partial charge in [0.2, 0.25) is 12.7 Å². The second-order valence-corrected chi connectivity index (χ2v) is 7.36. The summed E-state index contributed by atoms with van der Waals surface area (Å²) in [6, 6.07) is 13.0. The molecule has 1 aromatic heterocycles. The first-order chi connectivity index (χ1) is 14.2. The molecule has 0 spiro atoms. The van der Waals surface area contributed by atoms with Crippen molar-refractivity contribution >= 4 is 35.9 Å². The molecule has 9 heteroatoms. The van der Waals surface area contributed by atoms with Crippen molar-refractivity contribution in [2.45, 2.75) is 0 Å². The van der Waals surface area contributed by atoms with Gasteiger partial charge in [0, 0.05) is 54.8 Å². The van der Waals surface area contributed by atoms with Crippen LogP contribution in [0, 0.1) is 0 Å². The summed E-state index contributed by atoms with van der Waals surface area (Å²) in [7, 11) is 0. The second-order valence-electron chi connectivity index (χ2n) is 6.92. The zero-order valence-electron chi connectivity index (χ0n) is 16.0. The third kappa shape index (κ3) is 3.78. The number of ether oxygens (including phenoxy) is 2. The lowest BCUT2D eigenvalue weighted by Crippen LogP contribution is -2.49. The molecule has 2 aliphatic heterocycles. The molecule has 1 amide bonds. The number of piperazine rings is 1. The molecule has 5 rings (SSSR count). The molecule has 3 heterocycles. The van der Waals surface area contributed by atoms with Crippen LogP contribution in [0.5, 0.6) is 11.5 Å². The van der Waals surface area contributed by atoms with Gasteiger partial charge in [0.05, 0.1) is 0 Å². The highest BCUT2D eigenvalue weighted by Gasteiger charge is 2.26. The van der Waals surface area contributed by atoms with Gasteiger partial charge in [0.1, 0.15) is 0 Å². The second kappa shape index (κ2) is 8.45. The van der Waals surface area contributed by atoms with Crippen LogP contribution in [-0.2, 0) is 0 Å². The fourth-order valence-electron chi connectivity index (χ4n) is 3.68. The first kappa shape index (κ1) is 20.4. The molecule has 0 radical (unpaired) electrons. The lowest BCUT2D eigenvalue weighted by atomic mass is 10.1. The van der Waals surface area contributed by atoms with E-state index in [2.05, 4.69) is 9.88 Å². The van der Waals surface area contributed by atoms with Gasteiger partial charge in [0.25, 0.3) is 5.91 Å². The number of hydrogen-bond acceptors (Lipinski definition) is 5. The quantitative estimate of drug-likeness (QED) is 0.614. The highest BCUT2D eigenvalue weighted by atomic mass is 35.5. The Morgan fingerprint density at radius 1 is 1.00 bits per heavy atom. The van der Waals surface area contributed by atoms with Crippen molar-refractivity contribution in [2.24, 2.45) is 0 Å². The molecule has 2 aromatic carbocycles. The van der Waals surface area contributed by atoms with Crippen molar-refractivity contribution in [3.63, 3.8) is 0 Å². The van der Waals surface area contributed by atoms with Crippen LogP contribution in [0.2, 0.25) is 5.02 Å². The van der Waals surface area contributed by atoms with Crippen LogP contribution in [0.3, 0.4) is 0 Å². The van der Waals surface area contributed by atoms with E-state index < -0.39 is 0 Å². The van der Waals surface area contributed by atoms with Crippen LogP contribution in [0.25, 0.3) is 5.69 Å². The van der Waals surface area contributed by atoms with E-state index in [-0.39, 0.29) is 25.1 Å². The Morgan fingerprint density at radius 2 is 1.80 bits per heavy atom. The number of carbonyl (C=O) groups excluding carboxylic acids is 1. The molecule has 0 saturated carbocycles. The number of benzene rings is 2. The number of hydrogen-bond donors (Lipinski definition) is 0. The Hall–Kier alpha value is -2.90. The smallest absolute Gasteiger partial charge is 0.254 e. The largest absolute Gasteiger partial charge is 0.454 e. The molecule has 3 aromatic rings. The van der Waals surface area contributed by atoms with Gasteiger partial charge in [-0.2, -0.15) is 0 Å². The SMILES string of the molecule is Cl.O=C(c1ccc2c(c1)OCO2)N1CCN(c2nccn2-c2cccc(Cl)c2)CC1. The Balaban J connectivity index is 0.00000218. The highest BCUT2D eigenvalue weighted by Crippen LogP contribution is 2.33. The van der Waals surface area contributed by atoms with Crippen molar-refractivity contribution < 1.29 is 14.3 Å². The monoisotopic (exact) mass is 446 g/mol. The normalized spacial score (nSPS) is 15.1. The summed E-state index contributed by atoms with van der Waals surface area (Å²) in [5.74, 6) is 2.15. The van der Waals surface area contributed by atoms with Crippen LogP contribution in [0.15, 0.2) is 54.9 Å². The predicted octanol–water partition coefficient (Wildman–Crippen LogP) is 3.64. The molecule has 1 saturated heterocycles. The summed E-state index contributed by atoms with van der Waals surface area (Å²) in [6.07, 6.45) is 3.70. The van der Waals surface area contributed by atoms with Gasteiger partial charge in [-0.25, -0.2) is 4.98 Å². The van der Waals surface area contributed by atoms with Gasteiger partial charge in [-0.3, -0.25) is 9.36 Å². The molecule has 0 unspecified atom stereocenters. The van der Waals surface area contributed by atoms with E-state index in [0.29, 0.717) is 48.3 Å².